The molecule has 0 aliphatic carbocycles. The molecule has 3 N–H and O–H groups in total. The number of hydrogen-bond donors (Lipinski definition) is 3. The lowest BCUT2D eigenvalue weighted by molar-refractivity contribution is 0.0988. The Hall–Kier alpha value is -3.02. The van der Waals surface area contributed by atoms with Gasteiger partial charge in [-0.3, -0.25) is 9.59 Å². The van der Waals surface area contributed by atoms with E-state index in [4.69, 9.17) is 4.42 Å². The van der Waals surface area contributed by atoms with Gasteiger partial charge >= 0.3 is 0 Å². The summed E-state index contributed by atoms with van der Waals surface area (Å²) in [5, 5.41) is 4.83. The summed E-state index contributed by atoms with van der Waals surface area (Å²) in [4.78, 5) is 28.8. The molecule has 2 heterocycles. The van der Waals surface area contributed by atoms with E-state index in [0.717, 1.165) is 4.47 Å². The van der Waals surface area contributed by atoms with Crippen LogP contribution in [0.3, 0.4) is 0 Å². The lowest BCUT2D eigenvalue weighted by Gasteiger charge is -2.07. The van der Waals surface area contributed by atoms with Gasteiger partial charge in [-0.1, -0.05) is 6.07 Å². The molecule has 150 valence electrons. The molecule has 2 aromatic heterocycles. The maximum absolute atomic E-state index is 12.4. The SMILES string of the molecule is CNS(=O)(=O)c1ccc(C(=O)Nc2cccc(C(=O)Nc3ccc(Br)cn3)c2)o1. The zero-order valence-electron chi connectivity index (χ0n) is 15.0. The molecule has 3 aromatic rings. The van der Waals surface area contributed by atoms with Gasteiger partial charge in [-0.15, -0.1) is 0 Å². The monoisotopic (exact) mass is 478 g/mol. The van der Waals surface area contributed by atoms with Crippen LogP contribution < -0.4 is 15.4 Å². The van der Waals surface area contributed by atoms with Crippen molar-refractivity contribution in [2.75, 3.05) is 17.7 Å². The quantitative estimate of drug-likeness (QED) is 0.499. The average Bonchev–Trinajstić information content (AvgIpc) is 3.21. The van der Waals surface area contributed by atoms with Crippen LogP contribution in [-0.4, -0.2) is 32.3 Å². The summed E-state index contributed by atoms with van der Waals surface area (Å²) in [6, 6.07) is 12.0. The van der Waals surface area contributed by atoms with Gasteiger partial charge in [0, 0.05) is 21.9 Å². The van der Waals surface area contributed by atoms with Gasteiger partial charge in [0.1, 0.15) is 5.82 Å². The van der Waals surface area contributed by atoms with Gasteiger partial charge in [0.25, 0.3) is 21.8 Å². The first-order valence-electron chi connectivity index (χ1n) is 8.16. The molecule has 1 aromatic carbocycles. The lowest BCUT2D eigenvalue weighted by atomic mass is 10.2. The zero-order chi connectivity index (χ0) is 21.0. The third-order valence-electron chi connectivity index (χ3n) is 3.69. The van der Waals surface area contributed by atoms with Gasteiger partial charge in [0.05, 0.1) is 0 Å². The molecule has 11 heteroatoms. The third-order valence-corrected chi connectivity index (χ3v) is 5.45. The van der Waals surface area contributed by atoms with Crippen molar-refractivity contribution >= 4 is 49.3 Å². The summed E-state index contributed by atoms with van der Waals surface area (Å²) in [5.41, 5.74) is 0.631. The van der Waals surface area contributed by atoms with Crippen molar-refractivity contribution in [1.82, 2.24) is 9.71 Å². The summed E-state index contributed by atoms with van der Waals surface area (Å²) in [7, 11) is -2.56. The molecule has 0 saturated carbocycles. The molecule has 0 unspecified atom stereocenters. The number of rotatable bonds is 6. The molecule has 0 radical (unpaired) electrons. The van der Waals surface area contributed by atoms with Crippen LogP contribution in [0.4, 0.5) is 11.5 Å². The Labute approximate surface area is 174 Å². The highest BCUT2D eigenvalue weighted by molar-refractivity contribution is 9.10. The summed E-state index contributed by atoms with van der Waals surface area (Å²) >= 11 is 3.26. The number of benzene rings is 1. The van der Waals surface area contributed by atoms with Crippen LogP contribution in [-0.2, 0) is 10.0 Å². The smallest absolute Gasteiger partial charge is 0.291 e. The third kappa shape index (κ3) is 5.08. The van der Waals surface area contributed by atoms with Crippen molar-refractivity contribution in [3.05, 3.63) is 70.5 Å². The second kappa shape index (κ2) is 8.55. The fourth-order valence-electron chi connectivity index (χ4n) is 2.26. The van der Waals surface area contributed by atoms with Crippen molar-refractivity contribution in [1.29, 1.82) is 0 Å². The summed E-state index contributed by atoms with van der Waals surface area (Å²) in [5.74, 6) is -0.875. The van der Waals surface area contributed by atoms with Crippen molar-refractivity contribution in [3.63, 3.8) is 0 Å². The Balaban J connectivity index is 1.71. The number of halogens is 1. The van der Waals surface area contributed by atoms with E-state index in [1.54, 1.807) is 36.5 Å². The maximum Gasteiger partial charge on any atom is 0.291 e. The number of sulfonamides is 1. The van der Waals surface area contributed by atoms with E-state index in [1.807, 2.05) is 0 Å². The van der Waals surface area contributed by atoms with E-state index in [-0.39, 0.29) is 10.9 Å². The summed E-state index contributed by atoms with van der Waals surface area (Å²) in [6.45, 7) is 0. The van der Waals surface area contributed by atoms with Crippen LogP contribution >= 0.6 is 15.9 Å². The van der Waals surface area contributed by atoms with Gasteiger partial charge < -0.3 is 15.1 Å². The Morgan fingerprint density at radius 1 is 1.03 bits per heavy atom. The Morgan fingerprint density at radius 3 is 2.52 bits per heavy atom. The predicted octanol–water partition coefficient (Wildman–Crippen LogP) is 2.85. The minimum atomic E-state index is -3.79. The van der Waals surface area contributed by atoms with Gasteiger partial charge in [0.15, 0.2) is 5.76 Å². The van der Waals surface area contributed by atoms with Gasteiger partial charge in [-0.2, -0.15) is 0 Å². The van der Waals surface area contributed by atoms with Crippen LogP contribution in [0.2, 0.25) is 0 Å². The van der Waals surface area contributed by atoms with Crippen molar-refractivity contribution in [2.45, 2.75) is 5.09 Å². The number of furan rings is 1. The highest BCUT2D eigenvalue weighted by Crippen LogP contribution is 2.17. The number of amides is 2. The summed E-state index contributed by atoms with van der Waals surface area (Å²) in [6.07, 6.45) is 1.55. The van der Waals surface area contributed by atoms with Crippen molar-refractivity contribution < 1.29 is 22.4 Å². The van der Waals surface area contributed by atoms with Gasteiger partial charge in [-0.25, -0.2) is 18.1 Å². The van der Waals surface area contributed by atoms with E-state index in [1.165, 1.54) is 25.2 Å². The fraction of sp³-hybridized carbons (Fsp3) is 0.0556. The first kappa shape index (κ1) is 20.7. The topological polar surface area (TPSA) is 130 Å². The molecule has 3 rings (SSSR count). The van der Waals surface area contributed by atoms with E-state index in [9.17, 15) is 18.0 Å². The number of carbonyl (C=O) groups excluding carboxylic acids is 2. The molecule has 0 atom stereocenters. The Bertz CT molecular complexity index is 1160. The number of nitrogens with zero attached hydrogens (tertiary/aromatic N) is 1. The molecule has 2 amide bonds. The molecule has 9 nitrogen and oxygen atoms in total. The highest BCUT2D eigenvalue weighted by atomic mass is 79.9. The summed E-state index contributed by atoms with van der Waals surface area (Å²) < 4.78 is 31.4. The number of carbonyl (C=O) groups is 2. The van der Waals surface area contributed by atoms with Crippen LogP contribution in [0.15, 0.2) is 68.7 Å². The largest absolute Gasteiger partial charge is 0.438 e. The molecular formula is C18H15BrN4O5S. The number of anilines is 2. The standard InChI is InChI=1S/C18H15BrN4O5S/c1-20-29(26,27)16-8-6-14(28-16)18(25)22-13-4-2-3-11(9-13)17(24)23-15-7-5-12(19)10-21-15/h2-10,20H,1H3,(H,22,25)(H,21,23,24). The number of hydrogen-bond acceptors (Lipinski definition) is 6. The normalized spacial score (nSPS) is 11.1. The number of aromatic nitrogens is 1. The number of pyridine rings is 1. The van der Waals surface area contributed by atoms with E-state index in [2.05, 4.69) is 36.3 Å². The second-order valence-electron chi connectivity index (χ2n) is 5.68. The first-order valence-corrected chi connectivity index (χ1v) is 10.4. The molecule has 0 bridgehead atoms. The molecule has 0 saturated heterocycles. The van der Waals surface area contributed by atoms with Crippen molar-refractivity contribution in [2.24, 2.45) is 0 Å². The maximum atomic E-state index is 12.4. The second-order valence-corrected chi connectivity index (χ2v) is 8.41. The van der Waals surface area contributed by atoms with E-state index >= 15 is 0 Å². The fourth-order valence-corrected chi connectivity index (χ4v) is 3.14. The van der Waals surface area contributed by atoms with Gasteiger partial charge in [-0.05, 0) is 65.4 Å². The average molecular weight is 479 g/mol. The number of nitrogens with one attached hydrogen (secondary N) is 3. The van der Waals surface area contributed by atoms with Gasteiger partial charge in [0.2, 0.25) is 5.09 Å². The molecular weight excluding hydrogens is 464 g/mol. The van der Waals surface area contributed by atoms with Crippen LogP contribution in [0.1, 0.15) is 20.9 Å². The molecule has 0 aliphatic heterocycles. The Morgan fingerprint density at radius 2 is 1.83 bits per heavy atom. The van der Waals surface area contributed by atoms with Crippen LogP contribution in [0, 0.1) is 0 Å². The molecule has 29 heavy (non-hydrogen) atoms. The van der Waals surface area contributed by atoms with Crippen LogP contribution in [0.25, 0.3) is 0 Å². The minimum absolute atomic E-state index is 0.187. The highest BCUT2D eigenvalue weighted by Gasteiger charge is 2.20. The molecule has 0 spiro atoms. The first-order chi connectivity index (χ1) is 13.8. The van der Waals surface area contributed by atoms with E-state index in [0.29, 0.717) is 17.1 Å². The molecule has 0 fully saturated rings. The zero-order valence-corrected chi connectivity index (χ0v) is 17.4. The molecule has 0 aliphatic rings. The lowest BCUT2D eigenvalue weighted by Crippen LogP contribution is -2.18. The van der Waals surface area contributed by atoms with E-state index < -0.39 is 21.8 Å². The Kier molecular flexibility index (Phi) is 6.11. The van der Waals surface area contributed by atoms with Crippen molar-refractivity contribution in [3.8, 4) is 0 Å². The minimum Gasteiger partial charge on any atom is -0.438 e. The van der Waals surface area contributed by atoms with Crippen LogP contribution in [0.5, 0.6) is 0 Å². The predicted molar refractivity (Wildman–Crippen MR) is 109 cm³/mol.